The molecule has 1 fully saturated rings. The third-order valence-electron chi connectivity index (χ3n) is 2.26. The van der Waals surface area contributed by atoms with Gasteiger partial charge in [0.25, 0.3) is 0 Å². The quantitative estimate of drug-likeness (QED) is 0.635. The van der Waals surface area contributed by atoms with Crippen LogP contribution in [0.2, 0.25) is 0 Å². The van der Waals surface area contributed by atoms with Gasteiger partial charge < -0.3 is 10.4 Å². The lowest BCUT2D eigenvalue weighted by Gasteiger charge is -2.21. The predicted octanol–water partition coefficient (Wildman–Crippen LogP) is 1.10. The summed E-state index contributed by atoms with van der Waals surface area (Å²) in [6.07, 6.45) is 3.63. The van der Waals surface area contributed by atoms with Gasteiger partial charge in [0.2, 0.25) is 0 Å². The Balaban J connectivity index is 1.91. The summed E-state index contributed by atoms with van der Waals surface area (Å²) in [7, 11) is 0. The van der Waals surface area contributed by atoms with E-state index in [0.29, 0.717) is 6.61 Å². The monoisotopic (exact) mass is 189 g/mol. The summed E-state index contributed by atoms with van der Waals surface area (Å²) in [5, 5.41) is 11.9. The van der Waals surface area contributed by atoms with Gasteiger partial charge in [0.1, 0.15) is 0 Å². The summed E-state index contributed by atoms with van der Waals surface area (Å²) < 4.78 is 0. The lowest BCUT2D eigenvalue weighted by molar-refractivity contribution is 0.296. The maximum Gasteiger partial charge on any atom is 0.0438 e. The Hall–Kier alpha value is 0.270. The SMILES string of the molecule is OCCCSCC1CCNCC1. The van der Waals surface area contributed by atoms with Gasteiger partial charge in [0, 0.05) is 6.61 Å². The lowest BCUT2D eigenvalue weighted by Crippen LogP contribution is -2.28. The van der Waals surface area contributed by atoms with E-state index < -0.39 is 0 Å². The second-order valence-electron chi connectivity index (χ2n) is 3.35. The molecule has 0 aliphatic carbocycles. The molecule has 0 aromatic rings. The third kappa shape index (κ3) is 4.33. The molecule has 2 nitrogen and oxygen atoms in total. The van der Waals surface area contributed by atoms with Crippen molar-refractivity contribution in [2.75, 3.05) is 31.2 Å². The Kier molecular flexibility index (Phi) is 5.82. The molecular formula is C9H19NOS. The number of hydrogen-bond acceptors (Lipinski definition) is 3. The molecule has 3 heteroatoms. The van der Waals surface area contributed by atoms with Crippen LogP contribution in [0.5, 0.6) is 0 Å². The summed E-state index contributed by atoms with van der Waals surface area (Å²) in [4.78, 5) is 0. The molecule has 0 aromatic heterocycles. The topological polar surface area (TPSA) is 32.3 Å². The van der Waals surface area contributed by atoms with Crippen LogP contribution in [0.15, 0.2) is 0 Å². The number of piperidine rings is 1. The van der Waals surface area contributed by atoms with Crippen molar-refractivity contribution in [1.82, 2.24) is 5.32 Å². The summed E-state index contributed by atoms with van der Waals surface area (Å²) in [6, 6.07) is 0. The van der Waals surface area contributed by atoms with Crippen LogP contribution in [-0.4, -0.2) is 36.3 Å². The molecule has 0 spiro atoms. The Labute approximate surface area is 79.1 Å². The first-order valence-corrected chi connectivity index (χ1v) is 5.98. The van der Waals surface area contributed by atoms with Crippen LogP contribution in [0.1, 0.15) is 19.3 Å². The van der Waals surface area contributed by atoms with E-state index in [-0.39, 0.29) is 0 Å². The minimum atomic E-state index is 0.346. The highest BCUT2D eigenvalue weighted by Gasteiger charge is 2.11. The van der Waals surface area contributed by atoms with Crippen LogP contribution >= 0.6 is 11.8 Å². The van der Waals surface area contributed by atoms with Gasteiger partial charge in [-0.1, -0.05) is 0 Å². The molecule has 0 unspecified atom stereocenters. The van der Waals surface area contributed by atoms with Crippen LogP contribution in [0.25, 0.3) is 0 Å². The molecule has 0 atom stereocenters. The number of aliphatic hydroxyl groups is 1. The van der Waals surface area contributed by atoms with Crippen molar-refractivity contribution in [1.29, 1.82) is 0 Å². The molecule has 2 N–H and O–H groups in total. The second kappa shape index (κ2) is 6.75. The molecule has 0 aromatic carbocycles. The van der Waals surface area contributed by atoms with Crippen molar-refractivity contribution in [2.24, 2.45) is 5.92 Å². The zero-order valence-corrected chi connectivity index (χ0v) is 8.41. The highest BCUT2D eigenvalue weighted by molar-refractivity contribution is 7.99. The van der Waals surface area contributed by atoms with Gasteiger partial charge in [-0.2, -0.15) is 11.8 Å². The largest absolute Gasteiger partial charge is 0.396 e. The molecule has 1 aliphatic rings. The van der Waals surface area contributed by atoms with Crippen molar-refractivity contribution in [3.8, 4) is 0 Å². The van der Waals surface area contributed by atoms with Gasteiger partial charge in [0.15, 0.2) is 0 Å². The summed E-state index contributed by atoms with van der Waals surface area (Å²) in [5.74, 6) is 3.34. The second-order valence-corrected chi connectivity index (χ2v) is 4.50. The molecule has 1 saturated heterocycles. The van der Waals surface area contributed by atoms with E-state index in [1.807, 2.05) is 11.8 Å². The smallest absolute Gasteiger partial charge is 0.0438 e. The standard InChI is InChI=1S/C9H19NOS/c11-6-1-7-12-8-9-2-4-10-5-3-9/h9-11H,1-8H2. The summed E-state index contributed by atoms with van der Waals surface area (Å²) in [6.45, 7) is 2.75. The Bertz CT molecular complexity index is 105. The Morgan fingerprint density at radius 2 is 2.08 bits per heavy atom. The number of rotatable bonds is 5. The average Bonchev–Trinajstić information content (AvgIpc) is 2.14. The highest BCUT2D eigenvalue weighted by atomic mass is 32.2. The Morgan fingerprint density at radius 3 is 2.75 bits per heavy atom. The first-order chi connectivity index (χ1) is 5.93. The fourth-order valence-electron chi connectivity index (χ4n) is 1.46. The van der Waals surface area contributed by atoms with E-state index in [1.54, 1.807) is 0 Å². The highest BCUT2D eigenvalue weighted by Crippen LogP contribution is 2.17. The molecule has 1 aliphatic heterocycles. The van der Waals surface area contributed by atoms with Crippen LogP contribution in [0, 0.1) is 5.92 Å². The maximum absolute atomic E-state index is 8.58. The normalized spacial score (nSPS) is 19.8. The number of nitrogens with one attached hydrogen (secondary N) is 1. The van der Waals surface area contributed by atoms with E-state index in [2.05, 4.69) is 5.32 Å². The molecule has 0 radical (unpaired) electrons. The predicted molar refractivity (Wildman–Crippen MR) is 54.6 cm³/mol. The first kappa shape index (κ1) is 10.4. The van der Waals surface area contributed by atoms with Gasteiger partial charge in [-0.15, -0.1) is 0 Å². The summed E-state index contributed by atoms with van der Waals surface area (Å²) >= 11 is 2.00. The molecule has 0 saturated carbocycles. The van der Waals surface area contributed by atoms with E-state index in [0.717, 1.165) is 18.1 Å². The van der Waals surface area contributed by atoms with E-state index in [1.165, 1.54) is 31.7 Å². The fourth-order valence-corrected chi connectivity index (χ4v) is 2.63. The van der Waals surface area contributed by atoms with Gasteiger partial charge in [-0.05, 0) is 49.8 Å². The van der Waals surface area contributed by atoms with Gasteiger partial charge in [-0.25, -0.2) is 0 Å². The zero-order chi connectivity index (χ0) is 8.65. The van der Waals surface area contributed by atoms with Crippen LogP contribution in [0.3, 0.4) is 0 Å². The third-order valence-corrected chi connectivity index (χ3v) is 3.54. The molecule has 1 heterocycles. The van der Waals surface area contributed by atoms with Crippen molar-refractivity contribution in [3.05, 3.63) is 0 Å². The van der Waals surface area contributed by atoms with Crippen molar-refractivity contribution < 1.29 is 5.11 Å². The first-order valence-electron chi connectivity index (χ1n) is 4.83. The molecule has 0 amide bonds. The number of thioether (sulfide) groups is 1. The van der Waals surface area contributed by atoms with Crippen molar-refractivity contribution in [2.45, 2.75) is 19.3 Å². The van der Waals surface area contributed by atoms with Crippen molar-refractivity contribution in [3.63, 3.8) is 0 Å². The maximum atomic E-state index is 8.58. The van der Waals surface area contributed by atoms with E-state index >= 15 is 0 Å². The van der Waals surface area contributed by atoms with Crippen LogP contribution < -0.4 is 5.32 Å². The number of hydrogen-bond donors (Lipinski definition) is 2. The molecule has 72 valence electrons. The zero-order valence-electron chi connectivity index (χ0n) is 7.59. The van der Waals surface area contributed by atoms with Crippen LogP contribution in [-0.2, 0) is 0 Å². The lowest BCUT2D eigenvalue weighted by atomic mass is 10.0. The van der Waals surface area contributed by atoms with Gasteiger partial charge in [0.05, 0.1) is 0 Å². The van der Waals surface area contributed by atoms with E-state index in [4.69, 9.17) is 5.11 Å². The summed E-state index contributed by atoms with van der Waals surface area (Å²) in [5.41, 5.74) is 0. The fraction of sp³-hybridized carbons (Fsp3) is 1.00. The van der Waals surface area contributed by atoms with Gasteiger partial charge in [-0.3, -0.25) is 0 Å². The molecule has 12 heavy (non-hydrogen) atoms. The number of aliphatic hydroxyl groups excluding tert-OH is 1. The molecule has 1 rings (SSSR count). The minimum absolute atomic E-state index is 0.346. The van der Waals surface area contributed by atoms with E-state index in [9.17, 15) is 0 Å². The van der Waals surface area contributed by atoms with Crippen LogP contribution in [0.4, 0.5) is 0 Å². The average molecular weight is 189 g/mol. The van der Waals surface area contributed by atoms with Crippen molar-refractivity contribution >= 4 is 11.8 Å². The molecule has 0 bridgehead atoms. The van der Waals surface area contributed by atoms with Gasteiger partial charge >= 0.3 is 0 Å². The Morgan fingerprint density at radius 1 is 1.33 bits per heavy atom. The molecular weight excluding hydrogens is 170 g/mol. The minimum Gasteiger partial charge on any atom is -0.396 e.